The van der Waals surface area contributed by atoms with Crippen molar-refractivity contribution in [2.24, 2.45) is 0 Å². The number of allylic oxidation sites excluding steroid dienone is 2. The maximum absolute atomic E-state index is 7.56. The van der Waals surface area contributed by atoms with Crippen LogP contribution in [0.15, 0.2) is 72.8 Å². The summed E-state index contributed by atoms with van der Waals surface area (Å²) in [5.74, 6) is 0. The average Bonchev–Trinajstić information content (AvgIpc) is 3.01. The van der Waals surface area contributed by atoms with E-state index in [0.29, 0.717) is 0 Å². The first-order valence-corrected chi connectivity index (χ1v) is 8.80. The standard InChI is InChI=1S/C22H17NS/c1-2-15(14-23)16-6-5-7-17(12-16)18-10-11-22-20(13-18)19-8-3-4-9-21(19)24-22/h2-14,23H,1H3/b15-2+,23-14?. The van der Waals surface area contributed by atoms with Gasteiger partial charge in [0.05, 0.1) is 0 Å². The molecule has 2 heteroatoms. The fourth-order valence-corrected chi connectivity index (χ4v) is 4.20. The summed E-state index contributed by atoms with van der Waals surface area (Å²) < 4.78 is 2.66. The minimum Gasteiger partial charge on any atom is -0.308 e. The molecule has 0 atom stereocenters. The summed E-state index contributed by atoms with van der Waals surface area (Å²) in [5, 5.41) is 10.2. The van der Waals surface area contributed by atoms with Crippen molar-refractivity contribution in [3.05, 3.63) is 78.4 Å². The number of rotatable bonds is 3. The molecule has 0 spiro atoms. The number of nitrogens with one attached hydrogen (secondary N) is 1. The van der Waals surface area contributed by atoms with Crippen molar-refractivity contribution >= 4 is 43.3 Å². The Kier molecular flexibility index (Phi) is 3.75. The highest BCUT2D eigenvalue weighted by Crippen LogP contribution is 2.36. The molecule has 4 rings (SSSR count). The zero-order valence-electron chi connectivity index (χ0n) is 13.4. The van der Waals surface area contributed by atoms with Gasteiger partial charge in [-0.3, -0.25) is 0 Å². The Morgan fingerprint density at radius 3 is 2.46 bits per heavy atom. The van der Waals surface area contributed by atoms with Crippen LogP contribution in [0.5, 0.6) is 0 Å². The van der Waals surface area contributed by atoms with E-state index in [2.05, 4.69) is 66.7 Å². The topological polar surface area (TPSA) is 23.9 Å². The summed E-state index contributed by atoms with van der Waals surface area (Å²) in [6, 6.07) is 23.7. The largest absolute Gasteiger partial charge is 0.308 e. The van der Waals surface area contributed by atoms with Crippen molar-refractivity contribution in [3.63, 3.8) is 0 Å². The van der Waals surface area contributed by atoms with E-state index in [4.69, 9.17) is 5.41 Å². The lowest BCUT2D eigenvalue weighted by Crippen LogP contribution is -1.86. The van der Waals surface area contributed by atoms with E-state index in [1.165, 1.54) is 37.5 Å². The molecule has 24 heavy (non-hydrogen) atoms. The Balaban J connectivity index is 1.89. The number of benzene rings is 3. The Morgan fingerprint density at radius 1 is 0.833 bits per heavy atom. The predicted molar refractivity (Wildman–Crippen MR) is 107 cm³/mol. The van der Waals surface area contributed by atoms with Crippen LogP contribution >= 0.6 is 11.3 Å². The van der Waals surface area contributed by atoms with E-state index in [-0.39, 0.29) is 0 Å². The Labute approximate surface area is 145 Å². The van der Waals surface area contributed by atoms with Gasteiger partial charge in [0.25, 0.3) is 0 Å². The first-order chi connectivity index (χ1) is 11.8. The van der Waals surface area contributed by atoms with E-state index in [9.17, 15) is 0 Å². The van der Waals surface area contributed by atoms with Crippen molar-refractivity contribution in [3.8, 4) is 11.1 Å². The normalized spacial score (nSPS) is 12.0. The molecule has 4 aromatic rings. The average molecular weight is 327 g/mol. The molecule has 0 radical (unpaired) electrons. The van der Waals surface area contributed by atoms with Gasteiger partial charge in [0, 0.05) is 26.4 Å². The number of hydrogen-bond donors (Lipinski definition) is 1. The predicted octanol–water partition coefficient (Wildman–Crippen LogP) is 6.77. The molecule has 0 aliphatic heterocycles. The van der Waals surface area contributed by atoms with Crippen LogP contribution in [0.25, 0.3) is 36.9 Å². The van der Waals surface area contributed by atoms with E-state index >= 15 is 0 Å². The highest BCUT2D eigenvalue weighted by atomic mass is 32.1. The summed E-state index contributed by atoms with van der Waals surface area (Å²) >= 11 is 1.84. The maximum atomic E-state index is 7.56. The molecule has 0 aliphatic rings. The molecule has 1 aromatic heterocycles. The second-order valence-electron chi connectivity index (χ2n) is 5.78. The molecule has 0 saturated carbocycles. The van der Waals surface area contributed by atoms with E-state index < -0.39 is 0 Å². The van der Waals surface area contributed by atoms with Crippen LogP contribution in [-0.4, -0.2) is 6.21 Å². The van der Waals surface area contributed by atoms with E-state index in [1.807, 2.05) is 24.3 Å². The summed E-state index contributed by atoms with van der Waals surface area (Å²) in [4.78, 5) is 0. The molecule has 1 heterocycles. The Hall–Kier alpha value is -2.71. The fourth-order valence-electron chi connectivity index (χ4n) is 3.12. The maximum Gasteiger partial charge on any atom is 0.0355 e. The lowest BCUT2D eigenvalue weighted by atomic mass is 9.98. The third-order valence-corrected chi connectivity index (χ3v) is 5.52. The van der Waals surface area contributed by atoms with Crippen LogP contribution in [0.4, 0.5) is 0 Å². The lowest BCUT2D eigenvalue weighted by molar-refractivity contribution is 1.55. The van der Waals surface area contributed by atoms with Crippen LogP contribution in [0.1, 0.15) is 12.5 Å². The lowest BCUT2D eigenvalue weighted by Gasteiger charge is -2.06. The Bertz CT molecular complexity index is 1090. The van der Waals surface area contributed by atoms with Crippen LogP contribution in [-0.2, 0) is 0 Å². The van der Waals surface area contributed by atoms with Gasteiger partial charge in [0.2, 0.25) is 0 Å². The minimum atomic E-state index is 0.943. The van der Waals surface area contributed by atoms with Gasteiger partial charge in [-0.2, -0.15) is 0 Å². The molecule has 0 fully saturated rings. The van der Waals surface area contributed by atoms with E-state index in [0.717, 1.165) is 11.1 Å². The van der Waals surface area contributed by atoms with Gasteiger partial charge in [-0.1, -0.05) is 48.5 Å². The van der Waals surface area contributed by atoms with Gasteiger partial charge in [-0.25, -0.2) is 0 Å². The summed E-state index contributed by atoms with van der Waals surface area (Å²) in [5.41, 5.74) is 4.43. The van der Waals surface area contributed by atoms with Crippen LogP contribution in [0.3, 0.4) is 0 Å². The van der Waals surface area contributed by atoms with Crippen molar-refractivity contribution < 1.29 is 0 Å². The summed E-state index contributed by atoms with van der Waals surface area (Å²) in [6.45, 7) is 1.97. The second-order valence-corrected chi connectivity index (χ2v) is 6.86. The number of fused-ring (bicyclic) bond motifs is 3. The zero-order chi connectivity index (χ0) is 16.5. The SMILES string of the molecule is C/C=C(\C=N)c1cccc(-c2ccc3sc4ccccc4c3c2)c1. The highest BCUT2D eigenvalue weighted by molar-refractivity contribution is 7.25. The van der Waals surface area contributed by atoms with Crippen LogP contribution in [0.2, 0.25) is 0 Å². The third kappa shape index (κ3) is 2.45. The van der Waals surface area contributed by atoms with Crippen LogP contribution < -0.4 is 0 Å². The molecule has 0 aliphatic carbocycles. The van der Waals surface area contributed by atoms with Crippen molar-refractivity contribution in [1.82, 2.24) is 0 Å². The monoisotopic (exact) mass is 327 g/mol. The molecule has 116 valence electrons. The number of thiophene rings is 1. The first kappa shape index (κ1) is 14.9. The quantitative estimate of drug-likeness (QED) is 0.401. The Morgan fingerprint density at radius 2 is 1.62 bits per heavy atom. The van der Waals surface area contributed by atoms with Gasteiger partial charge in [0.1, 0.15) is 0 Å². The van der Waals surface area contributed by atoms with Gasteiger partial charge in [0.15, 0.2) is 0 Å². The molecule has 0 unspecified atom stereocenters. The molecular weight excluding hydrogens is 310 g/mol. The summed E-state index contributed by atoms with van der Waals surface area (Å²) in [6.07, 6.45) is 3.39. The first-order valence-electron chi connectivity index (χ1n) is 7.99. The van der Waals surface area contributed by atoms with Gasteiger partial charge in [-0.15, -0.1) is 11.3 Å². The van der Waals surface area contributed by atoms with E-state index in [1.54, 1.807) is 0 Å². The molecule has 0 saturated heterocycles. The van der Waals surface area contributed by atoms with Gasteiger partial charge >= 0.3 is 0 Å². The highest BCUT2D eigenvalue weighted by Gasteiger charge is 2.07. The zero-order valence-corrected chi connectivity index (χ0v) is 14.2. The number of hydrogen-bond acceptors (Lipinski definition) is 2. The minimum absolute atomic E-state index is 0.943. The smallest absolute Gasteiger partial charge is 0.0355 e. The van der Waals surface area contributed by atoms with Crippen molar-refractivity contribution in [1.29, 1.82) is 5.41 Å². The third-order valence-electron chi connectivity index (χ3n) is 4.37. The van der Waals surface area contributed by atoms with Crippen molar-refractivity contribution in [2.75, 3.05) is 0 Å². The fraction of sp³-hybridized carbons (Fsp3) is 0.0455. The molecule has 1 nitrogen and oxygen atoms in total. The second kappa shape index (κ2) is 6.06. The van der Waals surface area contributed by atoms with Crippen LogP contribution in [0, 0.1) is 5.41 Å². The molecular formula is C22H17NS. The van der Waals surface area contributed by atoms with Crippen molar-refractivity contribution in [2.45, 2.75) is 6.92 Å². The molecule has 0 amide bonds. The molecule has 0 bridgehead atoms. The van der Waals surface area contributed by atoms with Gasteiger partial charge < -0.3 is 5.41 Å². The van der Waals surface area contributed by atoms with Gasteiger partial charge in [-0.05, 0) is 53.5 Å². The molecule has 1 N–H and O–H groups in total. The molecule has 3 aromatic carbocycles. The summed E-state index contributed by atoms with van der Waals surface area (Å²) in [7, 11) is 0.